The molecule has 2 unspecified atom stereocenters. The van der Waals surface area contributed by atoms with Crippen molar-refractivity contribution in [3.8, 4) is 0 Å². The average molecular weight is 370 g/mol. The van der Waals surface area contributed by atoms with Gasteiger partial charge in [-0.1, -0.05) is 61.7 Å². The van der Waals surface area contributed by atoms with E-state index in [1.807, 2.05) is 41.7 Å². The highest BCUT2D eigenvalue weighted by atomic mass is 32.1. The van der Waals surface area contributed by atoms with Crippen molar-refractivity contribution in [2.24, 2.45) is 5.92 Å². The summed E-state index contributed by atoms with van der Waals surface area (Å²) in [7, 11) is 0. The molecule has 2 N–H and O–H groups in total. The summed E-state index contributed by atoms with van der Waals surface area (Å²) in [4.78, 5) is 1.44. The van der Waals surface area contributed by atoms with E-state index in [0.29, 0.717) is 0 Å². The number of aliphatic hydroxyl groups excluding tert-OH is 1. The van der Waals surface area contributed by atoms with Crippen LogP contribution in [0.2, 0.25) is 0 Å². The van der Waals surface area contributed by atoms with Gasteiger partial charge < -0.3 is 10.4 Å². The lowest BCUT2D eigenvalue weighted by atomic mass is 9.82. The predicted molar refractivity (Wildman–Crippen MR) is 112 cm³/mol. The van der Waals surface area contributed by atoms with Gasteiger partial charge in [0.05, 0.1) is 6.10 Å². The Hall–Kier alpha value is -1.42. The molecule has 2 nitrogen and oxygen atoms in total. The third kappa shape index (κ3) is 5.29. The third-order valence-electron chi connectivity index (χ3n) is 5.44. The average Bonchev–Trinajstić information content (AvgIpc) is 3.23. The van der Waals surface area contributed by atoms with Gasteiger partial charge in [0.1, 0.15) is 0 Å². The molecule has 0 spiro atoms. The summed E-state index contributed by atoms with van der Waals surface area (Å²) in [6.07, 6.45) is 9.78. The summed E-state index contributed by atoms with van der Waals surface area (Å²) >= 11 is 1.86. The number of hydrogen-bond donors (Lipinski definition) is 2. The van der Waals surface area contributed by atoms with Gasteiger partial charge in [-0.2, -0.15) is 0 Å². The molecule has 0 radical (unpaired) electrons. The maximum atomic E-state index is 10.5. The van der Waals surface area contributed by atoms with E-state index in [2.05, 4.69) is 35.8 Å². The predicted octanol–water partition coefficient (Wildman–Crippen LogP) is 5.81. The smallest absolute Gasteiger partial charge is 0.0940 e. The zero-order valence-corrected chi connectivity index (χ0v) is 16.5. The molecular formula is C23H31NOS. The van der Waals surface area contributed by atoms with Crippen molar-refractivity contribution in [3.05, 3.63) is 64.4 Å². The van der Waals surface area contributed by atoms with Gasteiger partial charge in [0, 0.05) is 10.9 Å². The van der Waals surface area contributed by atoms with Gasteiger partial charge in [-0.15, -0.1) is 11.3 Å². The van der Waals surface area contributed by atoms with E-state index in [9.17, 15) is 5.11 Å². The van der Waals surface area contributed by atoms with E-state index < -0.39 is 6.10 Å². The summed E-state index contributed by atoms with van der Waals surface area (Å²) in [5.74, 6) is 0.731. The molecule has 1 heterocycles. The minimum atomic E-state index is -0.463. The van der Waals surface area contributed by atoms with Crippen LogP contribution in [0.5, 0.6) is 0 Å². The van der Waals surface area contributed by atoms with E-state index in [4.69, 9.17) is 0 Å². The molecule has 2 aromatic rings. The number of aliphatic hydroxyl groups is 1. The van der Waals surface area contributed by atoms with Crippen LogP contribution < -0.4 is 5.32 Å². The van der Waals surface area contributed by atoms with E-state index >= 15 is 0 Å². The Morgan fingerprint density at radius 2 is 1.92 bits per heavy atom. The molecule has 1 saturated carbocycles. The molecule has 1 fully saturated rings. The number of hydrogen-bond acceptors (Lipinski definition) is 3. The summed E-state index contributed by atoms with van der Waals surface area (Å²) < 4.78 is 0. The second-order valence-electron chi connectivity index (χ2n) is 7.36. The van der Waals surface area contributed by atoms with Gasteiger partial charge in [0.15, 0.2) is 0 Å². The van der Waals surface area contributed by atoms with Gasteiger partial charge in [-0.25, -0.2) is 0 Å². The topological polar surface area (TPSA) is 32.3 Å². The highest BCUT2D eigenvalue weighted by Crippen LogP contribution is 2.37. The second-order valence-corrected chi connectivity index (χ2v) is 8.31. The van der Waals surface area contributed by atoms with Crippen molar-refractivity contribution < 1.29 is 5.11 Å². The Kier molecular flexibility index (Phi) is 7.48. The van der Waals surface area contributed by atoms with Crippen LogP contribution >= 0.6 is 11.3 Å². The zero-order valence-electron chi connectivity index (χ0n) is 15.7. The largest absolute Gasteiger partial charge is 0.387 e. The van der Waals surface area contributed by atoms with Crippen molar-refractivity contribution in [2.45, 2.75) is 57.6 Å². The van der Waals surface area contributed by atoms with Crippen molar-refractivity contribution in [1.82, 2.24) is 5.32 Å². The first kappa shape index (κ1) is 19.3. The Morgan fingerprint density at radius 1 is 1.15 bits per heavy atom. The van der Waals surface area contributed by atoms with Crippen LogP contribution in [0.4, 0.5) is 0 Å². The molecule has 1 aliphatic carbocycles. The van der Waals surface area contributed by atoms with Crippen molar-refractivity contribution >= 4 is 16.9 Å². The molecule has 0 saturated heterocycles. The quantitative estimate of drug-likeness (QED) is 0.575. The molecule has 0 aliphatic heterocycles. The number of thiophene rings is 1. The zero-order chi connectivity index (χ0) is 18.2. The lowest BCUT2D eigenvalue weighted by Crippen LogP contribution is -2.32. The fourth-order valence-corrected chi connectivity index (χ4v) is 4.76. The van der Waals surface area contributed by atoms with Crippen molar-refractivity contribution in [3.63, 3.8) is 0 Å². The first-order valence-electron chi connectivity index (χ1n) is 9.96. The molecule has 3 heteroatoms. The maximum absolute atomic E-state index is 10.5. The van der Waals surface area contributed by atoms with E-state index in [1.54, 1.807) is 5.57 Å². The van der Waals surface area contributed by atoms with Gasteiger partial charge >= 0.3 is 0 Å². The highest BCUT2D eigenvalue weighted by molar-refractivity contribution is 7.11. The normalized spacial score (nSPS) is 18.6. The Morgan fingerprint density at radius 3 is 2.62 bits per heavy atom. The Bertz CT molecular complexity index is 659. The fourth-order valence-electron chi connectivity index (χ4n) is 3.91. The molecule has 140 valence electrons. The molecule has 1 aromatic carbocycles. The highest BCUT2D eigenvalue weighted by Gasteiger charge is 2.20. The minimum absolute atomic E-state index is 0.0469. The summed E-state index contributed by atoms with van der Waals surface area (Å²) in [6, 6.07) is 14.4. The molecule has 2 atom stereocenters. The van der Waals surface area contributed by atoms with Crippen molar-refractivity contribution in [2.75, 3.05) is 6.54 Å². The van der Waals surface area contributed by atoms with E-state index in [0.717, 1.165) is 24.4 Å². The van der Waals surface area contributed by atoms with Crippen LogP contribution in [-0.2, 0) is 0 Å². The van der Waals surface area contributed by atoms with E-state index in [-0.39, 0.29) is 6.04 Å². The molecule has 1 aromatic heterocycles. The first-order valence-corrected chi connectivity index (χ1v) is 10.8. The number of rotatable bonds is 8. The van der Waals surface area contributed by atoms with Crippen LogP contribution in [0.3, 0.4) is 0 Å². The number of benzene rings is 1. The lowest BCUT2D eigenvalue weighted by molar-refractivity contribution is 0.136. The van der Waals surface area contributed by atoms with Gasteiger partial charge in [-0.3, -0.25) is 0 Å². The second kappa shape index (κ2) is 10.1. The SMILES string of the molecule is CC(NCC/C=C(/c1cccs1)C1CCCCC1)C(O)c1ccccc1. The van der Waals surface area contributed by atoms with Crippen LogP contribution in [-0.4, -0.2) is 17.7 Å². The first-order chi connectivity index (χ1) is 12.8. The number of allylic oxidation sites excluding steroid dienone is 1. The number of nitrogens with one attached hydrogen (secondary N) is 1. The monoisotopic (exact) mass is 369 g/mol. The van der Waals surface area contributed by atoms with Gasteiger partial charge in [0.2, 0.25) is 0 Å². The molecule has 0 bridgehead atoms. The molecule has 0 amide bonds. The summed E-state index contributed by atoms with van der Waals surface area (Å²) in [5.41, 5.74) is 2.53. The van der Waals surface area contributed by atoms with Gasteiger partial charge in [0.25, 0.3) is 0 Å². The fraction of sp³-hybridized carbons (Fsp3) is 0.478. The van der Waals surface area contributed by atoms with Crippen molar-refractivity contribution in [1.29, 1.82) is 0 Å². The third-order valence-corrected chi connectivity index (χ3v) is 6.36. The Labute approximate surface area is 162 Å². The minimum Gasteiger partial charge on any atom is -0.387 e. The van der Waals surface area contributed by atoms with Crippen LogP contribution in [0.1, 0.15) is 62.0 Å². The standard InChI is InChI=1S/C23H31NOS/c1-18(23(25)20-12-6-3-7-13-20)24-16-8-14-21(22-15-9-17-26-22)19-10-4-2-5-11-19/h3,6-7,9,12-15,17-19,23-25H,2,4-5,8,10-11,16H2,1H3/b21-14+. The van der Waals surface area contributed by atoms with Crippen LogP contribution in [0.25, 0.3) is 5.57 Å². The van der Waals surface area contributed by atoms with E-state index in [1.165, 1.54) is 37.0 Å². The molecule has 3 rings (SSSR count). The molecule has 26 heavy (non-hydrogen) atoms. The summed E-state index contributed by atoms with van der Waals surface area (Å²) in [6.45, 7) is 2.95. The summed E-state index contributed by atoms with van der Waals surface area (Å²) in [5, 5.41) is 16.2. The molecule has 1 aliphatic rings. The van der Waals surface area contributed by atoms with Gasteiger partial charge in [-0.05, 0) is 61.2 Å². The van der Waals surface area contributed by atoms with Crippen LogP contribution in [0.15, 0.2) is 53.9 Å². The Balaban J connectivity index is 1.55. The lowest BCUT2D eigenvalue weighted by Gasteiger charge is -2.24. The molecular weight excluding hydrogens is 338 g/mol. The van der Waals surface area contributed by atoms with Crippen LogP contribution in [0, 0.1) is 5.92 Å². The maximum Gasteiger partial charge on any atom is 0.0940 e.